The average Bonchev–Trinajstić information content (AvgIpc) is 2.91. The molecule has 3 aromatic rings. The molecule has 148 valence electrons. The second-order valence-electron chi connectivity index (χ2n) is 7.01. The van der Waals surface area contributed by atoms with Crippen LogP contribution in [0.15, 0.2) is 65.7 Å². The molecule has 1 aliphatic heterocycles. The van der Waals surface area contributed by atoms with Crippen LogP contribution in [-0.4, -0.2) is 42.5 Å². The van der Waals surface area contributed by atoms with Crippen LogP contribution in [0, 0.1) is 0 Å². The van der Waals surface area contributed by atoms with E-state index in [9.17, 15) is 18.0 Å². The van der Waals surface area contributed by atoms with Crippen LogP contribution in [0.4, 0.5) is 10.5 Å². The summed E-state index contributed by atoms with van der Waals surface area (Å²) in [4.78, 5) is 32.9. The molecule has 1 atom stereocenters. The van der Waals surface area contributed by atoms with E-state index in [1.807, 2.05) is 30.3 Å². The zero-order chi connectivity index (χ0) is 20.8. The van der Waals surface area contributed by atoms with Crippen molar-refractivity contribution in [3.8, 4) is 0 Å². The molecule has 7 nitrogen and oxygen atoms in total. The number of benzene rings is 2. The maximum absolute atomic E-state index is 13.0. The standard InChI is InChI=1S/C21H19N3O4S/c1-14-20(25)24(16-7-9-17(10-8-16)29(2,27)28)21(26)23(14)13-15-11-12-22-19-6-4-3-5-18(15)19/h3-12,14H,13H2,1-2H3/t14-/m0/s1. The molecular formula is C21H19N3O4S. The van der Waals surface area contributed by atoms with Crippen LogP contribution in [0.3, 0.4) is 0 Å². The highest BCUT2D eigenvalue weighted by atomic mass is 32.2. The minimum Gasteiger partial charge on any atom is -0.308 e. The quantitative estimate of drug-likeness (QED) is 0.618. The molecule has 1 saturated heterocycles. The molecule has 3 amide bonds. The molecule has 0 bridgehead atoms. The molecule has 0 saturated carbocycles. The lowest BCUT2D eigenvalue weighted by atomic mass is 10.1. The highest BCUT2D eigenvalue weighted by molar-refractivity contribution is 7.90. The molecule has 0 spiro atoms. The maximum atomic E-state index is 13.0. The SMILES string of the molecule is C[C@H]1C(=O)N(c2ccc(S(C)(=O)=O)cc2)C(=O)N1Cc1ccnc2ccccc12. The molecule has 1 aliphatic rings. The first-order chi connectivity index (χ1) is 13.8. The van der Waals surface area contributed by atoms with Crippen molar-refractivity contribution in [3.05, 3.63) is 66.4 Å². The summed E-state index contributed by atoms with van der Waals surface area (Å²) >= 11 is 0. The first kappa shape index (κ1) is 19.1. The Kier molecular flexibility index (Phi) is 4.58. The summed E-state index contributed by atoms with van der Waals surface area (Å²) in [6.07, 6.45) is 2.80. The van der Waals surface area contributed by atoms with Gasteiger partial charge in [0.05, 0.1) is 16.1 Å². The van der Waals surface area contributed by atoms with Crippen molar-refractivity contribution in [2.45, 2.75) is 24.4 Å². The van der Waals surface area contributed by atoms with Crippen LogP contribution >= 0.6 is 0 Å². The molecule has 1 fully saturated rings. The summed E-state index contributed by atoms with van der Waals surface area (Å²) in [7, 11) is -3.36. The van der Waals surface area contributed by atoms with Crippen LogP contribution in [-0.2, 0) is 21.2 Å². The maximum Gasteiger partial charge on any atom is 0.332 e. The number of fused-ring (bicyclic) bond motifs is 1. The molecule has 0 aliphatic carbocycles. The van der Waals surface area contributed by atoms with E-state index in [2.05, 4.69) is 4.98 Å². The van der Waals surface area contributed by atoms with Crippen LogP contribution < -0.4 is 4.90 Å². The minimum atomic E-state index is -3.36. The van der Waals surface area contributed by atoms with Crippen molar-refractivity contribution in [1.29, 1.82) is 0 Å². The van der Waals surface area contributed by atoms with Crippen molar-refractivity contribution in [2.24, 2.45) is 0 Å². The number of imide groups is 1. The van der Waals surface area contributed by atoms with Crippen molar-refractivity contribution in [3.63, 3.8) is 0 Å². The van der Waals surface area contributed by atoms with Crippen LogP contribution in [0.1, 0.15) is 12.5 Å². The van der Waals surface area contributed by atoms with Gasteiger partial charge in [0.1, 0.15) is 6.04 Å². The third kappa shape index (κ3) is 3.36. The van der Waals surface area contributed by atoms with Gasteiger partial charge in [0.2, 0.25) is 0 Å². The lowest BCUT2D eigenvalue weighted by Gasteiger charge is -2.20. The molecule has 4 rings (SSSR count). The molecular weight excluding hydrogens is 390 g/mol. The normalized spacial score (nSPS) is 17.4. The summed E-state index contributed by atoms with van der Waals surface area (Å²) in [6, 6.07) is 14.2. The molecule has 8 heteroatoms. The minimum absolute atomic E-state index is 0.133. The van der Waals surface area contributed by atoms with Gasteiger partial charge in [-0.15, -0.1) is 0 Å². The van der Waals surface area contributed by atoms with Gasteiger partial charge in [-0.05, 0) is 48.9 Å². The van der Waals surface area contributed by atoms with E-state index in [1.165, 1.54) is 29.2 Å². The van der Waals surface area contributed by atoms with Gasteiger partial charge in [0.15, 0.2) is 9.84 Å². The lowest BCUT2D eigenvalue weighted by Crippen LogP contribution is -2.33. The number of carbonyl (C=O) groups excluding carboxylic acids is 2. The first-order valence-corrected chi connectivity index (χ1v) is 10.9. The van der Waals surface area contributed by atoms with Gasteiger partial charge in [0.25, 0.3) is 5.91 Å². The van der Waals surface area contributed by atoms with E-state index in [1.54, 1.807) is 13.1 Å². The van der Waals surface area contributed by atoms with Crippen LogP contribution in [0.2, 0.25) is 0 Å². The number of amides is 3. The Morgan fingerprint density at radius 1 is 1.00 bits per heavy atom. The fourth-order valence-electron chi connectivity index (χ4n) is 3.47. The Morgan fingerprint density at radius 2 is 1.69 bits per heavy atom. The Hall–Kier alpha value is -3.26. The second kappa shape index (κ2) is 6.97. The number of para-hydroxylation sites is 1. The van der Waals surface area contributed by atoms with E-state index in [-0.39, 0.29) is 17.3 Å². The van der Waals surface area contributed by atoms with Crippen LogP contribution in [0.5, 0.6) is 0 Å². The Balaban J connectivity index is 1.65. The van der Waals surface area contributed by atoms with E-state index in [4.69, 9.17) is 0 Å². The molecule has 0 radical (unpaired) electrons. The van der Waals surface area contributed by atoms with Crippen molar-refractivity contribution in [2.75, 3.05) is 11.2 Å². The molecule has 2 heterocycles. The van der Waals surface area contributed by atoms with Crippen molar-refractivity contribution >= 4 is 38.4 Å². The molecule has 1 aromatic heterocycles. The molecule has 0 N–H and O–H groups in total. The molecule has 29 heavy (non-hydrogen) atoms. The predicted molar refractivity (Wildman–Crippen MR) is 109 cm³/mol. The number of carbonyl (C=O) groups is 2. The number of pyridine rings is 1. The van der Waals surface area contributed by atoms with E-state index >= 15 is 0 Å². The number of hydrogen-bond donors (Lipinski definition) is 0. The fourth-order valence-corrected chi connectivity index (χ4v) is 4.10. The number of hydrogen-bond acceptors (Lipinski definition) is 5. The summed E-state index contributed by atoms with van der Waals surface area (Å²) < 4.78 is 23.3. The number of urea groups is 1. The number of aromatic nitrogens is 1. The zero-order valence-corrected chi connectivity index (χ0v) is 16.8. The third-order valence-electron chi connectivity index (χ3n) is 5.09. The van der Waals surface area contributed by atoms with E-state index in [0.29, 0.717) is 5.69 Å². The summed E-state index contributed by atoms with van der Waals surface area (Å²) in [6.45, 7) is 1.96. The predicted octanol–water partition coefficient (Wildman–Crippen LogP) is 3.00. The first-order valence-electron chi connectivity index (χ1n) is 9.04. The van der Waals surface area contributed by atoms with Gasteiger partial charge in [-0.1, -0.05) is 18.2 Å². The van der Waals surface area contributed by atoms with Gasteiger partial charge < -0.3 is 4.90 Å². The topological polar surface area (TPSA) is 87.7 Å². The van der Waals surface area contributed by atoms with E-state index < -0.39 is 21.9 Å². The van der Waals surface area contributed by atoms with Crippen molar-refractivity contribution < 1.29 is 18.0 Å². The largest absolute Gasteiger partial charge is 0.332 e. The zero-order valence-electron chi connectivity index (χ0n) is 15.9. The molecule has 2 aromatic carbocycles. The Labute approximate surface area is 168 Å². The smallest absolute Gasteiger partial charge is 0.308 e. The van der Waals surface area contributed by atoms with Gasteiger partial charge in [-0.3, -0.25) is 9.78 Å². The number of anilines is 1. The Bertz CT molecular complexity index is 1220. The number of rotatable bonds is 4. The van der Waals surface area contributed by atoms with Gasteiger partial charge in [0, 0.05) is 24.4 Å². The summed E-state index contributed by atoms with van der Waals surface area (Å²) in [5.41, 5.74) is 2.07. The highest BCUT2D eigenvalue weighted by Gasteiger charge is 2.43. The monoisotopic (exact) mass is 409 g/mol. The number of sulfone groups is 1. The van der Waals surface area contributed by atoms with Gasteiger partial charge >= 0.3 is 6.03 Å². The fraction of sp³-hybridized carbons (Fsp3) is 0.190. The van der Waals surface area contributed by atoms with Crippen LogP contribution in [0.25, 0.3) is 10.9 Å². The Morgan fingerprint density at radius 3 is 2.38 bits per heavy atom. The summed E-state index contributed by atoms with van der Waals surface area (Å²) in [5.74, 6) is -0.347. The van der Waals surface area contributed by atoms with Gasteiger partial charge in [-0.2, -0.15) is 0 Å². The molecule has 0 unspecified atom stereocenters. The summed E-state index contributed by atoms with van der Waals surface area (Å²) in [5, 5.41) is 0.929. The highest BCUT2D eigenvalue weighted by Crippen LogP contribution is 2.28. The van der Waals surface area contributed by atoms with Crippen molar-refractivity contribution in [1.82, 2.24) is 9.88 Å². The average molecular weight is 409 g/mol. The third-order valence-corrected chi connectivity index (χ3v) is 6.21. The number of nitrogens with zero attached hydrogens (tertiary/aromatic N) is 3. The van der Waals surface area contributed by atoms with E-state index in [0.717, 1.165) is 27.6 Å². The second-order valence-corrected chi connectivity index (χ2v) is 9.03. The van der Waals surface area contributed by atoms with Gasteiger partial charge in [-0.25, -0.2) is 18.1 Å². The lowest BCUT2D eigenvalue weighted by molar-refractivity contribution is -0.119.